The molecular formula is C16H22F3N. The molecule has 0 amide bonds. The van der Waals surface area contributed by atoms with Crippen LogP contribution in [0.1, 0.15) is 49.1 Å². The largest absolute Gasteiger partial charge is 0.389 e. The van der Waals surface area contributed by atoms with Crippen molar-refractivity contribution in [2.24, 2.45) is 0 Å². The van der Waals surface area contributed by atoms with Crippen LogP contribution >= 0.6 is 0 Å². The van der Waals surface area contributed by atoms with E-state index in [9.17, 15) is 13.2 Å². The van der Waals surface area contributed by atoms with Gasteiger partial charge in [0.2, 0.25) is 0 Å². The first-order chi connectivity index (χ1) is 9.56. The fourth-order valence-electron chi connectivity index (χ4n) is 2.92. The van der Waals surface area contributed by atoms with E-state index in [1.807, 2.05) is 0 Å². The summed E-state index contributed by atoms with van der Waals surface area (Å²) in [7, 11) is 0. The Bertz CT molecular complexity index is 414. The van der Waals surface area contributed by atoms with Gasteiger partial charge in [-0.15, -0.1) is 0 Å². The van der Waals surface area contributed by atoms with Crippen LogP contribution in [0, 0.1) is 0 Å². The monoisotopic (exact) mass is 285 g/mol. The van der Waals surface area contributed by atoms with Crippen LogP contribution in [0.3, 0.4) is 0 Å². The van der Waals surface area contributed by atoms with Crippen LogP contribution in [0.2, 0.25) is 0 Å². The number of nitrogens with one attached hydrogen (secondary N) is 1. The van der Waals surface area contributed by atoms with Gasteiger partial charge in [-0.2, -0.15) is 13.2 Å². The maximum Gasteiger partial charge on any atom is 0.389 e. The zero-order chi connectivity index (χ0) is 14.4. The predicted octanol–water partition coefficient (Wildman–Crippen LogP) is 4.43. The number of alkyl halides is 3. The van der Waals surface area contributed by atoms with E-state index in [0.29, 0.717) is 18.9 Å². The van der Waals surface area contributed by atoms with E-state index in [4.69, 9.17) is 0 Å². The topological polar surface area (TPSA) is 12.0 Å². The standard InChI is InChI=1S/C16H22F3N/c17-16(18,19)10-3-4-11-20-12-14-8-5-7-13-6-1-2-9-15(13)14/h1-2,6,9,14,20H,3-5,7-8,10-12H2. The van der Waals surface area contributed by atoms with Crippen molar-refractivity contribution in [3.8, 4) is 0 Å². The zero-order valence-corrected chi connectivity index (χ0v) is 11.7. The highest BCUT2D eigenvalue weighted by molar-refractivity contribution is 5.32. The molecule has 1 aromatic rings. The second kappa shape index (κ2) is 7.11. The lowest BCUT2D eigenvalue weighted by Crippen LogP contribution is -2.25. The van der Waals surface area contributed by atoms with Gasteiger partial charge in [0.25, 0.3) is 0 Å². The Morgan fingerprint density at radius 3 is 2.75 bits per heavy atom. The van der Waals surface area contributed by atoms with Gasteiger partial charge < -0.3 is 5.32 Å². The van der Waals surface area contributed by atoms with Gasteiger partial charge in [0, 0.05) is 13.0 Å². The van der Waals surface area contributed by atoms with E-state index in [0.717, 1.165) is 13.0 Å². The average Bonchev–Trinajstić information content (AvgIpc) is 2.41. The number of halogens is 3. The van der Waals surface area contributed by atoms with Crippen molar-refractivity contribution >= 4 is 0 Å². The molecule has 4 heteroatoms. The Morgan fingerprint density at radius 2 is 1.95 bits per heavy atom. The van der Waals surface area contributed by atoms with Gasteiger partial charge in [-0.25, -0.2) is 0 Å². The highest BCUT2D eigenvalue weighted by Crippen LogP contribution is 2.30. The highest BCUT2D eigenvalue weighted by atomic mass is 19.4. The molecule has 1 atom stereocenters. The molecular weight excluding hydrogens is 263 g/mol. The number of benzene rings is 1. The Labute approximate surface area is 118 Å². The molecule has 1 N–H and O–H groups in total. The zero-order valence-electron chi connectivity index (χ0n) is 11.7. The molecule has 0 aromatic heterocycles. The number of fused-ring (bicyclic) bond motifs is 1. The van der Waals surface area contributed by atoms with Crippen LogP contribution in [-0.2, 0) is 6.42 Å². The van der Waals surface area contributed by atoms with E-state index in [1.54, 1.807) is 0 Å². The van der Waals surface area contributed by atoms with Crippen LogP contribution in [0.15, 0.2) is 24.3 Å². The lowest BCUT2D eigenvalue weighted by atomic mass is 9.83. The van der Waals surface area contributed by atoms with E-state index < -0.39 is 12.6 Å². The van der Waals surface area contributed by atoms with Crippen LogP contribution in [0.25, 0.3) is 0 Å². The minimum atomic E-state index is -4.01. The third-order valence-electron chi connectivity index (χ3n) is 3.95. The molecule has 0 saturated heterocycles. The summed E-state index contributed by atoms with van der Waals surface area (Å²) in [4.78, 5) is 0. The van der Waals surface area contributed by atoms with Gasteiger partial charge in [-0.1, -0.05) is 24.3 Å². The van der Waals surface area contributed by atoms with Crippen LogP contribution < -0.4 is 5.32 Å². The maximum atomic E-state index is 12.0. The summed E-state index contributed by atoms with van der Waals surface area (Å²) in [5.74, 6) is 0.516. The van der Waals surface area contributed by atoms with Gasteiger partial charge >= 0.3 is 6.18 Å². The molecule has 0 bridgehead atoms. The molecule has 1 aliphatic rings. The minimum Gasteiger partial charge on any atom is -0.316 e. The van der Waals surface area contributed by atoms with Crippen molar-refractivity contribution in [3.63, 3.8) is 0 Å². The molecule has 20 heavy (non-hydrogen) atoms. The molecule has 112 valence electrons. The SMILES string of the molecule is FC(F)(F)CCCCNCC1CCCc2ccccc21. The van der Waals surface area contributed by atoms with Crippen molar-refractivity contribution in [3.05, 3.63) is 35.4 Å². The second-order valence-corrected chi connectivity index (χ2v) is 5.56. The highest BCUT2D eigenvalue weighted by Gasteiger charge is 2.25. The van der Waals surface area contributed by atoms with E-state index >= 15 is 0 Å². The van der Waals surface area contributed by atoms with Crippen LogP contribution in [-0.4, -0.2) is 19.3 Å². The van der Waals surface area contributed by atoms with Gasteiger partial charge in [-0.05, 0) is 55.7 Å². The third kappa shape index (κ3) is 4.82. The summed E-state index contributed by atoms with van der Waals surface area (Å²) in [6, 6.07) is 8.52. The lowest BCUT2D eigenvalue weighted by molar-refractivity contribution is -0.135. The van der Waals surface area contributed by atoms with Gasteiger partial charge in [0.15, 0.2) is 0 Å². The predicted molar refractivity (Wildman–Crippen MR) is 74.9 cm³/mol. The first-order valence-corrected chi connectivity index (χ1v) is 7.41. The number of hydrogen-bond acceptors (Lipinski definition) is 1. The lowest BCUT2D eigenvalue weighted by Gasteiger charge is -2.25. The molecule has 0 aliphatic heterocycles. The molecule has 1 aromatic carbocycles. The second-order valence-electron chi connectivity index (χ2n) is 5.56. The average molecular weight is 285 g/mol. The smallest absolute Gasteiger partial charge is 0.316 e. The quantitative estimate of drug-likeness (QED) is 0.762. The first-order valence-electron chi connectivity index (χ1n) is 7.41. The van der Waals surface area contributed by atoms with E-state index in [1.165, 1.54) is 24.0 Å². The molecule has 0 fully saturated rings. The summed E-state index contributed by atoms with van der Waals surface area (Å²) < 4.78 is 36.0. The fourth-order valence-corrected chi connectivity index (χ4v) is 2.92. The van der Waals surface area contributed by atoms with Crippen molar-refractivity contribution in [2.45, 2.75) is 50.6 Å². The van der Waals surface area contributed by atoms with E-state index in [-0.39, 0.29) is 6.42 Å². The molecule has 1 unspecified atom stereocenters. The van der Waals surface area contributed by atoms with Crippen molar-refractivity contribution in [1.82, 2.24) is 5.32 Å². The molecule has 2 rings (SSSR count). The fraction of sp³-hybridized carbons (Fsp3) is 0.625. The summed E-state index contributed by atoms with van der Waals surface area (Å²) in [5.41, 5.74) is 2.85. The summed E-state index contributed by atoms with van der Waals surface area (Å²) >= 11 is 0. The molecule has 0 saturated carbocycles. The number of aryl methyl sites for hydroxylation is 1. The first kappa shape index (κ1) is 15.4. The minimum absolute atomic E-state index is 0.220. The molecule has 1 aliphatic carbocycles. The summed E-state index contributed by atoms with van der Waals surface area (Å²) in [6.07, 6.45) is -0.336. The van der Waals surface area contributed by atoms with Crippen LogP contribution in [0.4, 0.5) is 13.2 Å². The van der Waals surface area contributed by atoms with Gasteiger partial charge in [0.1, 0.15) is 0 Å². The molecule has 0 radical (unpaired) electrons. The van der Waals surface area contributed by atoms with Crippen molar-refractivity contribution < 1.29 is 13.2 Å². The van der Waals surface area contributed by atoms with Crippen molar-refractivity contribution in [1.29, 1.82) is 0 Å². The Hall–Kier alpha value is -1.03. The normalized spacial score (nSPS) is 18.9. The maximum absolute atomic E-state index is 12.0. The Morgan fingerprint density at radius 1 is 1.15 bits per heavy atom. The molecule has 0 spiro atoms. The van der Waals surface area contributed by atoms with E-state index in [2.05, 4.69) is 29.6 Å². The Kier molecular flexibility index (Phi) is 5.46. The van der Waals surface area contributed by atoms with Crippen molar-refractivity contribution in [2.75, 3.05) is 13.1 Å². The van der Waals surface area contributed by atoms with Crippen LogP contribution in [0.5, 0.6) is 0 Å². The molecule has 1 nitrogen and oxygen atoms in total. The number of rotatable bonds is 6. The number of unbranched alkanes of at least 4 members (excludes halogenated alkanes) is 1. The van der Waals surface area contributed by atoms with Gasteiger partial charge in [0.05, 0.1) is 0 Å². The molecule has 0 heterocycles. The summed E-state index contributed by atoms with van der Waals surface area (Å²) in [5, 5.41) is 3.31. The Balaban J connectivity index is 1.68. The summed E-state index contributed by atoms with van der Waals surface area (Å²) in [6.45, 7) is 1.55. The van der Waals surface area contributed by atoms with Gasteiger partial charge in [-0.3, -0.25) is 0 Å². The number of hydrogen-bond donors (Lipinski definition) is 1. The third-order valence-corrected chi connectivity index (χ3v) is 3.95.